The zero-order valence-electron chi connectivity index (χ0n) is 18.4. The fraction of sp³-hybridized carbons (Fsp3) is 0.273. The molecule has 2 aromatic rings. The van der Waals surface area contributed by atoms with Gasteiger partial charge in [0.1, 0.15) is 11.4 Å². The van der Waals surface area contributed by atoms with Gasteiger partial charge in [-0.2, -0.15) is 0 Å². The number of aryl methyl sites for hydroxylation is 1. The number of nitro benzene ring substituents is 1. The van der Waals surface area contributed by atoms with Crippen LogP contribution in [0.1, 0.15) is 22.3 Å². The van der Waals surface area contributed by atoms with E-state index in [1.54, 1.807) is 24.3 Å². The molecule has 1 fully saturated rings. The van der Waals surface area contributed by atoms with Crippen LogP contribution in [0.3, 0.4) is 0 Å². The Balaban J connectivity index is 1.53. The minimum atomic E-state index is -0.884. The zero-order chi connectivity index (χ0) is 24.8. The van der Waals surface area contributed by atoms with Gasteiger partial charge in [-0.15, -0.1) is 0 Å². The third-order valence-corrected chi connectivity index (χ3v) is 5.03. The van der Waals surface area contributed by atoms with Gasteiger partial charge in [-0.25, -0.2) is 0 Å². The molecule has 2 aromatic carbocycles. The van der Waals surface area contributed by atoms with E-state index in [1.807, 2.05) is 6.92 Å². The fourth-order valence-corrected chi connectivity index (χ4v) is 3.21. The van der Waals surface area contributed by atoms with Crippen molar-refractivity contribution in [2.75, 3.05) is 25.6 Å². The Kier molecular flexibility index (Phi) is 7.41. The molecular weight excluding hydrogens is 448 g/mol. The number of ether oxygens (including phenoxy) is 2. The molecule has 3 amide bonds. The minimum absolute atomic E-state index is 0.113. The Bertz CT molecular complexity index is 1130. The van der Waals surface area contributed by atoms with Crippen molar-refractivity contribution < 1.29 is 33.6 Å². The van der Waals surface area contributed by atoms with Gasteiger partial charge >= 0.3 is 5.97 Å². The molecule has 1 heterocycles. The van der Waals surface area contributed by atoms with Crippen LogP contribution in [0.15, 0.2) is 42.5 Å². The maximum absolute atomic E-state index is 12.3. The third kappa shape index (κ3) is 5.85. The lowest BCUT2D eigenvalue weighted by Gasteiger charge is -2.17. The fourth-order valence-electron chi connectivity index (χ4n) is 3.21. The average Bonchev–Trinajstić information content (AvgIpc) is 3.17. The lowest BCUT2D eigenvalue weighted by Crippen LogP contribution is -2.43. The summed E-state index contributed by atoms with van der Waals surface area (Å²) >= 11 is 0. The Labute approximate surface area is 193 Å². The van der Waals surface area contributed by atoms with Crippen LogP contribution in [-0.4, -0.2) is 53.9 Å². The number of anilines is 1. The zero-order valence-corrected chi connectivity index (χ0v) is 18.4. The predicted octanol–water partition coefficient (Wildman–Crippen LogP) is 1.59. The van der Waals surface area contributed by atoms with Crippen molar-refractivity contribution >= 4 is 35.1 Å². The second-order valence-electron chi connectivity index (χ2n) is 7.51. The number of benzene rings is 2. The molecule has 0 aliphatic carbocycles. The highest BCUT2D eigenvalue weighted by Crippen LogP contribution is 2.28. The number of carbonyl (C=O) groups is 4. The van der Waals surface area contributed by atoms with E-state index in [-0.39, 0.29) is 30.1 Å². The van der Waals surface area contributed by atoms with Crippen LogP contribution >= 0.6 is 0 Å². The molecule has 0 spiro atoms. The molecule has 12 nitrogen and oxygen atoms in total. The lowest BCUT2D eigenvalue weighted by molar-refractivity contribution is -0.383. The maximum atomic E-state index is 12.3. The van der Waals surface area contributed by atoms with Gasteiger partial charge in [0, 0.05) is 24.1 Å². The molecule has 0 radical (unpaired) electrons. The standard InChI is InChI=1S/C22H22N4O8/c1-13-3-5-14(6-4-13)21(29)24-25-11-15(9-20(25)28)22(30)34-12-19(27)23-17-10-16(33-2)7-8-18(17)26(31)32/h3-8,10,15H,9,11-12H2,1-2H3,(H,23,27)(H,24,29)/t15-/m1/s1. The molecule has 3 rings (SSSR count). The molecule has 1 aliphatic rings. The largest absolute Gasteiger partial charge is 0.497 e. The van der Waals surface area contributed by atoms with Gasteiger partial charge in [0.15, 0.2) is 6.61 Å². The highest BCUT2D eigenvalue weighted by Gasteiger charge is 2.36. The first-order chi connectivity index (χ1) is 16.2. The molecule has 2 N–H and O–H groups in total. The second-order valence-corrected chi connectivity index (χ2v) is 7.51. The Morgan fingerprint density at radius 3 is 2.53 bits per heavy atom. The van der Waals surface area contributed by atoms with E-state index >= 15 is 0 Å². The van der Waals surface area contributed by atoms with Gasteiger partial charge < -0.3 is 14.8 Å². The smallest absolute Gasteiger partial charge is 0.311 e. The highest BCUT2D eigenvalue weighted by molar-refractivity contribution is 5.97. The number of rotatable bonds is 8. The van der Waals surface area contributed by atoms with Gasteiger partial charge in [0.25, 0.3) is 17.5 Å². The summed E-state index contributed by atoms with van der Waals surface area (Å²) in [5, 5.41) is 14.5. The van der Waals surface area contributed by atoms with Crippen molar-refractivity contribution in [3.05, 3.63) is 63.7 Å². The van der Waals surface area contributed by atoms with E-state index < -0.39 is 41.1 Å². The normalized spacial score (nSPS) is 14.9. The molecule has 34 heavy (non-hydrogen) atoms. The van der Waals surface area contributed by atoms with Crippen LogP contribution in [0.4, 0.5) is 11.4 Å². The summed E-state index contributed by atoms with van der Waals surface area (Å²) in [5.41, 5.74) is 3.31. The topological polar surface area (TPSA) is 157 Å². The summed E-state index contributed by atoms with van der Waals surface area (Å²) in [6.45, 7) is 1.05. The molecule has 1 saturated heterocycles. The molecule has 1 atom stereocenters. The van der Waals surface area contributed by atoms with E-state index in [4.69, 9.17) is 9.47 Å². The van der Waals surface area contributed by atoms with Gasteiger partial charge in [-0.3, -0.25) is 39.7 Å². The van der Waals surface area contributed by atoms with Crippen LogP contribution in [0.2, 0.25) is 0 Å². The van der Waals surface area contributed by atoms with Crippen LogP contribution in [0.5, 0.6) is 5.75 Å². The van der Waals surface area contributed by atoms with Crippen LogP contribution in [0, 0.1) is 23.0 Å². The molecule has 0 aromatic heterocycles. The molecule has 0 bridgehead atoms. The number of methoxy groups -OCH3 is 1. The maximum Gasteiger partial charge on any atom is 0.311 e. The predicted molar refractivity (Wildman–Crippen MR) is 118 cm³/mol. The Morgan fingerprint density at radius 1 is 1.18 bits per heavy atom. The number of nitrogens with one attached hydrogen (secondary N) is 2. The summed E-state index contributed by atoms with van der Waals surface area (Å²) < 4.78 is 9.96. The van der Waals surface area contributed by atoms with E-state index in [0.29, 0.717) is 5.56 Å². The van der Waals surface area contributed by atoms with E-state index in [1.165, 1.54) is 25.3 Å². The summed E-state index contributed by atoms with van der Waals surface area (Å²) in [6, 6.07) is 10.5. The second kappa shape index (κ2) is 10.4. The Morgan fingerprint density at radius 2 is 1.88 bits per heavy atom. The lowest BCUT2D eigenvalue weighted by atomic mass is 10.1. The quantitative estimate of drug-likeness (QED) is 0.334. The summed E-state index contributed by atoms with van der Waals surface area (Å²) in [5.74, 6) is -3.19. The number of carbonyl (C=O) groups excluding carboxylic acids is 4. The first kappa shape index (κ1) is 24.2. The summed E-state index contributed by atoms with van der Waals surface area (Å²) in [4.78, 5) is 59.5. The number of hydrogen-bond donors (Lipinski definition) is 2. The molecule has 0 saturated carbocycles. The van der Waals surface area contributed by atoms with Crippen molar-refractivity contribution in [1.82, 2.24) is 10.4 Å². The van der Waals surface area contributed by atoms with Gasteiger partial charge in [-0.05, 0) is 25.1 Å². The first-order valence-electron chi connectivity index (χ1n) is 10.1. The van der Waals surface area contributed by atoms with E-state index in [2.05, 4.69) is 10.7 Å². The summed E-state index contributed by atoms with van der Waals surface area (Å²) in [6.07, 6.45) is -0.198. The number of hydrogen-bond acceptors (Lipinski definition) is 8. The van der Waals surface area contributed by atoms with Crippen LogP contribution in [-0.2, 0) is 19.1 Å². The number of hydrazine groups is 1. The van der Waals surface area contributed by atoms with Crippen molar-refractivity contribution in [3.63, 3.8) is 0 Å². The number of nitro groups is 1. The number of amides is 3. The number of nitrogens with zero attached hydrogens (tertiary/aromatic N) is 2. The molecule has 0 unspecified atom stereocenters. The monoisotopic (exact) mass is 470 g/mol. The molecular formula is C22H22N4O8. The molecule has 178 valence electrons. The minimum Gasteiger partial charge on any atom is -0.497 e. The summed E-state index contributed by atoms with van der Waals surface area (Å²) in [7, 11) is 1.37. The van der Waals surface area contributed by atoms with Crippen molar-refractivity contribution in [2.24, 2.45) is 5.92 Å². The van der Waals surface area contributed by atoms with E-state index in [0.717, 1.165) is 10.6 Å². The SMILES string of the molecule is COc1ccc([N+](=O)[O-])c(NC(=O)COC(=O)[C@@H]2CC(=O)N(NC(=O)c3ccc(C)cc3)C2)c1. The van der Waals surface area contributed by atoms with Crippen molar-refractivity contribution in [1.29, 1.82) is 0 Å². The first-order valence-corrected chi connectivity index (χ1v) is 10.1. The van der Waals surface area contributed by atoms with E-state index in [9.17, 15) is 29.3 Å². The van der Waals surface area contributed by atoms with Crippen LogP contribution in [0.25, 0.3) is 0 Å². The van der Waals surface area contributed by atoms with Gasteiger partial charge in [-0.1, -0.05) is 17.7 Å². The van der Waals surface area contributed by atoms with Crippen LogP contribution < -0.4 is 15.5 Å². The van der Waals surface area contributed by atoms with Crippen molar-refractivity contribution in [3.8, 4) is 5.75 Å². The average molecular weight is 470 g/mol. The molecule has 12 heteroatoms. The number of esters is 1. The van der Waals surface area contributed by atoms with Gasteiger partial charge in [0.05, 0.1) is 24.5 Å². The third-order valence-electron chi connectivity index (χ3n) is 5.03. The molecule has 1 aliphatic heterocycles. The van der Waals surface area contributed by atoms with Crippen molar-refractivity contribution in [2.45, 2.75) is 13.3 Å². The van der Waals surface area contributed by atoms with Gasteiger partial charge in [0.2, 0.25) is 5.91 Å². The Hall–Kier alpha value is -4.48. The highest BCUT2D eigenvalue weighted by atomic mass is 16.6.